The summed E-state index contributed by atoms with van der Waals surface area (Å²) in [5.74, 6) is -0.802. The summed E-state index contributed by atoms with van der Waals surface area (Å²) in [4.78, 5) is 36.4. The summed E-state index contributed by atoms with van der Waals surface area (Å²) in [6, 6.07) is 9.76. The van der Waals surface area contributed by atoms with Crippen molar-refractivity contribution in [2.24, 2.45) is 0 Å². The fourth-order valence-corrected chi connectivity index (χ4v) is 4.99. The number of anilines is 1. The first-order valence-corrected chi connectivity index (χ1v) is 12.8. The number of nitrogens with two attached hydrogens (primary N) is 1. The van der Waals surface area contributed by atoms with Crippen LogP contribution in [0.3, 0.4) is 0 Å². The molecular formula is C29H25F2N7O2. The maximum atomic E-state index is 14.3. The van der Waals surface area contributed by atoms with E-state index in [2.05, 4.69) is 24.9 Å². The highest BCUT2D eigenvalue weighted by molar-refractivity contribution is 5.98. The molecule has 5 aromatic rings. The maximum Gasteiger partial charge on any atom is 0.271 e. The van der Waals surface area contributed by atoms with E-state index in [4.69, 9.17) is 10.5 Å². The van der Waals surface area contributed by atoms with E-state index in [1.807, 2.05) is 6.92 Å². The van der Waals surface area contributed by atoms with Gasteiger partial charge in [0, 0.05) is 35.3 Å². The van der Waals surface area contributed by atoms with Gasteiger partial charge in [0.25, 0.3) is 5.91 Å². The van der Waals surface area contributed by atoms with E-state index in [-0.39, 0.29) is 18.0 Å². The molecule has 0 saturated heterocycles. The molecule has 6 rings (SSSR count). The summed E-state index contributed by atoms with van der Waals surface area (Å²) < 4.78 is 34.2. The zero-order valence-electron chi connectivity index (χ0n) is 21.6. The average molecular weight is 542 g/mol. The third-order valence-corrected chi connectivity index (χ3v) is 7.08. The topological polar surface area (TPSA) is 123 Å². The van der Waals surface area contributed by atoms with Crippen molar-refractivity contribution >= 4 is 22.8 Å². The lowest BCUT2D eigenvalue weighted by molar-refractivity contribution is 0.0658. The van der Waals surface area contributed by atoms with E-state index in [0.717, 1.165) is 11.1 Å². The van der Waals surface area contributed by atoms with Gasteiger partial charge in [-0.1, -0.05) is 12.1 Å². The summed E-state index contributed by atoms with van der Waals surface area (Å²) in [7, 11) is 0. The monoisotopic (exact) mass is 541 g/mol. The van der Waals surface area contributed by atoms with Gasteiger partial charge in [-0.05, 0) is 43.7 Å². The minimum absolute atomic E-state index is 0.0877. The van der Waals surface area contributed by atoms with Gasteiger partial charge in [-0.2, -0.15) is 0 Å². The highest BCUT2D eigenvalue weighted by atomic mass is 19.1. The van der Waals surface area contributed by atoms with Crippen molar-refractivity contribution in [2.45, 2.75) is 32.5 Å². The summed E-state index contributed by atoms with van der Waals surface area (Å²) in [5, 5.41) is 0. The number of nitrogen functional groups attached to an aromatic ring is 1. The lowest BCUT2D eigenvalue weighted by Gasteiger charge is -2.27. The standard InChI is InChI=1S/C29H25F2N7O2/c1-16(28-33-9-3-10-34-28)38(14-18-7-6-17(13-35-18)25-21(30)4-2-5-22(25)31)29(39)24-12-23-26(36-24)20-15-40-11-8-19(20)27(32)37-23/h2-7,9-10,12-13,16,36H,8,11,14-15H2,1H3,(H2,32,37)/t16-/m1/s1. The number of carbonyl (C=O) groups excluding carboxylic acids is 1. The highest BCUT2D eigenvalue weighted by Gasteiger charge is 2.28. The number of aromatic nitrogens is 5. The van der Waals surface area contributed by atoms with E-state index < -0.39 is 17.7 Å². The molecule has 5 heterocycles. The summed E-state index contributed by atoms with van der Waals surface area (Å²) in [6.07, 6.45) is 5.27. The number of rotatable bonds is 6. The summed E-state index contributed by atoms with van der Waals surface area (Å²) in [5.41, 5.74) is 10.3. The molecule has 40 heavy (non-hydrogen) atoms. The van der Waals surface area contributed by atoms with Gasteiger partial charge in [0.2, 0.25) is 0 Å². The van der Waals surface area contributed by atoms with Crippen LogP contribution >= 0.6 is 0 Å². The molecule has 4 aromatic heterocycles. The predicted octanol–water partition coefficient (Wildman–Crippen LogP) is 4.75. The van der Waals surface area contributed by atoms with Crippen molar-refractivity contribution in [3.8, 4) is 11.1 Å². The molecule has 0 aliphatic carbocycles. The van der Waals surface area contributed by atoms with Crippen LogP contribution in [0.5, 0.6) is 0 Å². The first kappa shape index (κ1) is 25.5. The molecule has 1 atom stereocenters. The Hall–Kier alpha value is -4.77. The van der Waals surface area contributed by atoms with Crippen LogP contribution in [-0.2, 0) is 24.3 Å². The molecule has 1 amide bonds. The molecule has 11 heteroatoms. The van der Waals surface area contributed by atoms with Gasteiger partial charge < -0.3 is 20.4 Å². The molecular weight excluding hydrogens is 516 g/mol. The van der Waals surface area contributed by atoms with E-state index in [9.17, 15) is 13.6 Å². The number of amides is 1. The van der Waals surface area contributed by atoms with Crippen LogP contribution < -0.4 is 5.73 Å². The second kappa shape index (κ2) is 10.4. The second-order valence-electron chi connectivity index (χ2n) is 9.55. The molecule has 0 saturated carbocycles. The molecule has 0 unspecified atom stereocenters. The number of hydrogen-bond donors (Lipinski definition) is 2. The number of ether oxygens (including phenoxy) is 1. The Morgan fingerprint density at radius 1 is 1.10 bits per heavy atom. The molecule has 1 aliphatic rings. The normalized spacial score (nSPS) is 13.7. The average Bonchev–Trinajstić information content (AvgIpc) is 3.41. The van der Waals surface area contributed by atoms with Gasteiger partial charge in [-0.3, -0.25) is 9.78 Å². The fourth-order valence-electron chi connectivity index (χ4n) is 4.99. The van der Waals surface area contributed by atoms with Crippen LogP contribution in [0.4, 0.5) is 14.6 Å². The van der Waals surface area contributed by atoms with Crippen LogP contribution in [0.25, 0.3) is 22.2 Å². The summed E-state index contributed by atoms with van der Waals surface area (Å²) in [6.45, 7) is 2.85. The fraction of sp³-hybridized carbons (Fsp3) is 0.207. The number of benzene rings is 1. The molecule has 0 radical (unpaired) electrons. The number of H-pyrrole nitrogens is 1. The number of halogens is 2. The molecule has 3 N–H and O–H groups in total. The Balaban J connectivity index is 1.36. The Labute approximate surface area is 228 Å². The van der Waals surface area contributed by atoms with Gasteiger partial charge in [0.05, 0.1) is 48.1 Å². The Morgan fingerprint density at radius 2 is 1.88 bits per heavy atom. The van der Waals surface area contributed by atoms with E-state index in [0.29, 0.717) is 59.3 Å². The molecule has 202 valence electrons. The third kappa shape index (κ3) is 4.64. The summed E-state index contributed by atoms with van der Waals surface area (Å²) >= 11 is 0. The number of hydrogen-bond acceptors (Lipinski definition) is 7. The SMILES string of the molecule is C[C@H](c1ncccn1)N(Cc1ccc(-c2c(F)cccc2F)cn1)C(=O)c1cc2nc(N)c3c(c2[nH]1)COCC3. The molecule has 9 nitrogen and oxygen atoms in total. The second-order valence-corrected chi connectivity index (χ2v) is 9.55. The first-order chi connectivity index (χ1) is 19.4. The lowest BCUT2D eigenvalue weighted by Crippen LogP contribution is -2.34. The van der Waals surface area contributed by atoms with Crippen LogP contribution in [0, 0.1) is 11.6 Å². The van der Waals surface area contributed by atoms with Crippen molar-refractivity contribution in [1.29, 1.82) is 0 Å². The minimum atomic E-state index is -0.679. The number of aromatic amines is 1. The number of fused-ring (bicyclic) bond motifs is 3. The zero-order valence-corrected chi connectivity index (χ0v) is 21.6. The largest absolute Gasteiger partial charge is 0.383 e. The predicted molar refractivity (Wildman–Crippen MR) is 144 cm³/mol. The van der Waals surface area contributed by atoms with Gasteiger partial charge in [0.15, 0.2) is 0 Å². The van der Waals surface area contributed by atoms with E-state index in [1.54, 1.807) is 41.6 Å². The van der Waals surface area contributed by atoms with Crippen LogP contribution in [0.2, 0.25) is 0 Å². The molecule has 1 aromatic carbocycles. The molecule has 0 bridgehead atoms. The van der Waals surface area contributed by atoms with E-state index in [1.165, 1.54) is 24.4 Å². The number of nitrogens with zero attached hydrogens (tertiary/aromatic N) is 5. The number of pyridine rings is 2. The van der Waals surface area contributed by atoms with E-state index >= 15 is 0 Å². The zero-order chi connectivity index (χ0) is 27.8. The molecule has 0 spiro atoms. The molecule has 0 fully saturated rings. The number of nitrogens with one attached hydrogen (secondary N) is 1. The number of carbonyl (C=O) groups is 1. The van der Waals surface area contributed by atoms with Crippen molar-refractivity contribution in [1.82, 2.24) is 29.8 Å². The Kier molecular flexibility index (Phi) is 6.64. The maximum absolute atomic E-state index is 14.3. The van der Waals surface area contributed by atoms with Gasteiger partial charge >= 0.3 is 0 Å². The van der Waals surface area contributed by atoms with Crippen molar-refractivity contribution in [3.05, 3.63) is 101 Å². The van der Waals surface area contributed by atoms with Gasteiger partial charge in [-0.15, -0.1) is 0 Å². The first-order valence-electron chi connectivity index (χ1n) is 12.8. The van der Waals surface area contributed by atoms with Gasteiger partial charge in [-0.25, -0.2) is 23.7 Å². The van der Waals surface area contributed by atoms with Crippen molar-refractivity contribution in [3.63, 3.8) is 0 Å². The lowest BCUT2D eigenvalue weighted by atomic mass is 10.0. The smallest absolute Gasteiger partial charge is 0.271 e. The minimum Gasteiger partial charge on any atom is -0.383 e. The quantitative estimate of drug-likeness (QED) is 0.318. The van der Waals surface area contributed by atoms with Crippen LogP contribution in [0.1, 0.15) is 46.1 Å². The van der Waals surface area contributed by atoms with Gasteiger partial charge in [0.1, 0.15) is 29.0 Å². The van der Waals surface area contributed by atoms with Crippen molar-refractivity contribution in [2.75, 3.05) is 12.3 Å². The highest BCUT2D eigenvalue weighted by Crippen LogP contribution is 2.31. The van der Waals surface area contributed by atoms with Crippen LogP contribution in [0.15, 0.2) is 61.1 Å². The third-order valence-electron chi connectivity index (χ3n) is 7.08. The van der Waals surface area contributed by atoms with Crippen molar-refractivity contribution < 1.29 is 18.3 Å². The Bertz CT molecular complexity index is 1690. The molecule has 1 aliphatic heterocycles. The van der Waals surface area contributed by atoms with Crippen LogP contribution in [-0.4, -0.2) is 42.3 Å². The Morgan fingerprint density at radius 3 is 2.60 bits per heavy atom.